The molecule has 1 atom stereocenters. The smallest absolute Gasteiger partial charge is 0.245 e. The van der Waals surface area contributed by atoms with E-state index in [0.717, 1.165) is 36.0 Å². The first-order valence-electron chi connectivity index (χ1n) is 13.6. The highest BCUT2D eigenvalue weighted by molar-refractivity contribution is 5.88. The second kappa shape index (κ2) is 11.0. The molecule has 1 saturated heterocycles. The summed E-state index contributed by atoms with van der Waals surface area (Å²) in [6, 6.07) is 12.8. The third-order valence-electron chi connectivity index (χ3n) is 7.59. The molecule has 1 N–H and O–H groups in total. The Hall–Kier alpha value is -4.86. The van der Waals surface area contributed by atoms with Crippen molar-refractivity contribution in [2.24, 2.45) is 7.05 Å². The van der Waals surface area contributed by atoms with E-state index in [2.05, 4.69) is 26.8 Å². The van der Waals surface area contributed by atoms with Crippen LogP contribution in [0.4, 0.5) is 15.9 Å². The predicted molar refractivity (Wildman–Crippen MR) is 156 cm³/mol. The van der Waals surface area contributed by atoms with Crippen LogP contribution in [0, 0.1) is 12.7 Å². The lowest BCUT2D eigenvalue weighted by molar-refractivity contribution is -0.126. The van der Waals surface area contributed by atoms with Crippen molar-refractivity contribution < 1.29 is 13.9 Å². The SMILES string of the molecule is C=CC(=O)N1CCCCC(c2ccc3ncnc(Nc4ccc(Oc5ccc6c(c5)ncn6C)c(C)c4F)c3n2)C1. The first-order valence-corrected chi connectivity index (χ1v) is 13.6. The number of aromatic nitrogens is 5. The third-order valence-corrected chi connectivity index (χ3v) is 7.59. The highest BCUT2D eigenvalue weighted by Gasteiger charge is 2.24. The zero-order valence-corrected chi connectivity index (χ0v) is 23.0. The van der Waals surface area contributed by atoms with Gasteiger partial charge in [0.15, 0.2) is 11.6 Å². The van der Waals surface area contributed by atoms with Gasteiger partial charge < -0.3 is 19.5 Å². The average molecular weight is 552 g/mol. The number of likely N-dealkylation sites (tertiary alicyclic amines) is 1. The van der Waals surface area contributed by atoms with Crippen LogP contribution in [0.1, 0.15) is 36.4 Å². The molecule has 9 nitrogen and oxygen atoms in total. The van der Waals surface area contributed by atoms with Gasteiger partial charge in [0.1, 0.15) is 23.3 Å². The molecule has 1 aliphatic heterocycles. The van der Waals surface area contributed by atoms with Crippen LogP contribution in [0.3, 0.4) is 0 Å². The van der Waals surface area contributed by atoms with Crippen molar-refractivity contribution in [3.8, 4) is 11.5 Å². The fourth-order valence-electron chi connectivity index (χ4n) is 5.30. The first-order chi connectivity index (χ1) is 19.9. The number of hydrogen-bond acceptors (Lipinski definition) is 7. The van der Waals surface area contributed by atoms with E-state index in [-0.39, 0.29) is 17.5 Å². The molecule has 3 aromatic heterocycles. The van der Waals surface area contributed by atoms with Gasteiger partial charge in [-0.15, -0.1) is 0 Å². The molecule has 4 heterocycles. The standard InChI is InChI=1S/C31H30FN7O2/c1-4-28(40)39-14-6-5-7-20(16-39)22-9-10-24-30(36-22)31(34-17-33-24)37-23-11-13-27(19(2)29(23)32)41-21-8-12-26-25(15-21)35-18-38(26)3/h4,8-13,15,17-18,20H,1,5-7,14,16H2,2-3H3,(H,33,34,37). The van der Waals surface area contributed by atoms with Gasteiger partial charge in [-0.25, -0.2) is 24.3 Å². The minimum absolute atomic E-state index is 0.0691. The van der Waals surface area contributed by atoms with Crippen molar-refractivity contribution in [3.63, 3.8) is 0 Å². The van der Waals surface area contributed by atoms with Crippen molar-refractivity contribution in [1.82, 2.24) is 29.4 Å². The number of nitrogens with zero attached hydrogens (tertiary/aromatic N) is 6. The third kappa shape index (κ3) is 5.20. The van der Waals surface area contributed by atoms with Crippen molar-refractivity contribution in [2.45, 2.75) is 32.1 Å². The van der Waals surface area contributed by atoms with Gasteiger partial charge in [-0.3, -0.25) is 4.79 Å². The molecule has 2 aromatic carbocycles. The molecule has 0 spiro atoms. The molecule has 10 heteroatoms. The average Bonchev–Trinajstić information content (AvgIpc) is 3.19. The predicted octanol–water partition coefficient (Wildman–Crippen LogP) is 6.18. The molecule has 6 rings (SSSR count). The van der Waals surface area contributed by atoms with Crippen molar-refractivity contribution in [2.75, 3.05) is 18.4 Å². The first kappa shape index (κ1) is 26.4. The Morgan fingerprint density at radius 2 is 2.00 bits per heavy atom. The van der Waals surface area contributed by atoms with E-state index in [1.807, 2.05) is 46.8 Å². The van der Waals surface area contributed by atoms with E-state index < -0.39 is 5.82 Å². The number of halogens is 1. The number of rotatable bonds is 6. The summed E-state index contributed by atoms with van der Waals surface area (Å²) < 4.78 is 23.6. The van der Waals surface area contributed by atoms with Crippen LogP contribution >= 0.6 is 0 Å². The van der Waals surface area contributed by atoms with Gasteiger partial charge in [0, 0.05) is 43.4 Å². The Morgan fingerprint density at radius 3 is 2.85 bits per heavy atom. The second-order valence-electron chi connectivity index (χ2n) is 10.3. The van der Waals surface area contributed by atoms with Gasteiger partial charge >= 0.3 is 0 Å². The van der Waals surface area contributed by atoms with Gasteiger partial charge in [0.05, 0.1) is 28.6 Å². The van der Waals surface area contributed by atoms with Crippen LogP contribution in [0.2, 0.25) is 0 Å². The summed E-state index contributed by atoms with van der Waals surface area (Å²) in [5.74, 6) is 0.926. The van der Waals surface area contributed by atoms with E-state index in [1.165, 1.54) is 12.4 Å². The minimum Gasteiger partial charge on any atom is -0.457 e. The number of aryl methyl sites for hydroxylation is 1. The van der Waals surface area contributed by atoms with E-state index in [9.17, 15) is 4.79 Å². The van der Waals surface area contributed by atoms with Crippen molar-refractivity contribution >= 4 is 39.5 Å². The fourth-order valence-corrected chi connectivity index (χ4v) is 5.30. The Bertz CT molecular complexity index is 1780. The lowest BCUT2D eigenvalue weighted by atomic mass is 9.98. The topological polar surface area (TPSA) is 98.1 Å². The van der Waals surface area contributed by atoms with Gasteiger partial charge in [-0.2, -0.15) is 0 Å². The number of benzene rings is 2. The van der Waals surface area contributed by atoms with Gasteiger partial charge in [0.25, 0.3) is 0 Å². The van der Waals surface area contributed by atoms with Crippen LogP contribution < -0.4 is 10.1 Å². The molecule has 5 aromatic rings. The fraction of sp³-hybridized carbons (Fsp3) is 0.258. The summed E-state index contributed by atoms with van der Waals surface area (Å²) in [6.07, 6.45) is 7.38. The molecule has 0 saturated carbocycles. The summed E-state index contributed by atoms with van der Waals surface area (Å²) in [5.41, 5.74) is 4.42. The number of amides is 1. The normalized spacial score (nSPS) is 15.6. The zero-order valence-electron chi connectivity index (χ0n) is 23.0. The molecule has 0 radical (unpaired) electrons. The number of nitrogens with one attached hydrogen (secondary N) is 1. The minimum atomic E-state index is -0.452. The van der Waals surface area contributed by atoms with Crippen molar-refractivity contribution in [3.05, 3.63) is 84.8 Å². The lowest BCUT2D eigenvalue weighted by Gasteiger charge is -2.23. The van der Waals surface area contributed by atoms with Crippen LogP contribution in [0.5, 0.6) is 11.5 Å². The molecule has 208 valence electrons. The highest BCUT2D eigenvalue weighted by Crippen LogP contribution is 2.34. The molecule has 1 fully saturated rings. The number of anilines is 2. The number of fused-ring (bicyclic) bond motifs is 2. The van der Waals surface area contributed by atoms with E-state index in [4.69, 9.17) is 9.72 Å². The number of ether oxygens (including phenoxy) is 1. The molecular formula is C31H30FN7O2. The summed E-state index contributed by atoms with van der Waals surface area (Å²) in [7, 11) is 1.93. The summed E-state index contributed by atoms with van der Waals surface area (Å²) in [6.45, 7) is 6.59. The largest absolute Gasteiger partial charge is 0.457 e. The van der Waals surface area contributed by atoms with Crippen LogP contribution in [-0.4, -0.2) is 48.4 Å². The molecule has 41 heavy (non-hydrogen) atoms. The Labute approximate surface area is 236 Å². The van der Waals surface area contributed by atoms with Crippen molar-refractivity contribution in [1.29, 1.82) is 0 Å². The summed E-state index contributed by atoms with van der Waals surface area (Å²) >= 11 is 0. The highest BCUT2D eigenvalue weighted by atomic mass is 19.1. The number of imidazole rings is 1. The Balaban J connectivity index is 1.27. The number of carbonyl (C=O) groups excluding carboxylic acids is 1. The number of carbonyl (C=O) groups is 1. The summed E-state index contributed by atoms with van der Waals surface area (Å²) in [4.78, 5) is 32.1. The molecule has 1 unspecified atom stereocenters. The summed E-state index contributed by atoms with van der Waals surface area (Å²) in [5, 5.41) is 3.12. The maximum absolute atomic E-state index is 15.6. The second-order valence-corrected chi connectivity index (χ2v) is 10.3. The monoisotopic (exact) mass is 551 g/mol. The van der Waals surface area contributed by atoms with Crippen LogP contribution in [0.25, 0.3) is 22.1 Å². The van der Waals surface area contributed by atoms with Crippen LogP contribution in [-0.2, 0) is 11.8 Å². The van der Waals surface area contributed by atoms with Gasteiger partial charge in [0.2, 0.25) is 5.91 Å². The Kier molecular flexibility index (Phi) is 7.05. The quantitative estimate of drug-likeness (QED) is 0.252. The molecule has 1 aliphatic rings. The van der Waals surface area contributed by atoms with Crippen LogP contribution in [0.15, 0.2) is 67.8 Å². The number of hydrogen-bond donors (Lipinski definition) is 1. The molecule has 1 amide bonds. The maximum atomic E-state index is 15.6. The molecule has 0 bridgehead atoms. The molecular weight excluding hydrogens is 521 g/mol. The maximum Gasteiger partial charge on any atom is 0.245 e. The lowest BCUT2D eigenvalue weighted by Crippen LogP contribution is -2.32. The zero-order chi connectivity index (χ0) is 28.5. The Morgan fingerprint density at radius 1 is 1.12 bits per heavy atom. The number of pyridine rings is 1. The van der Waals surface area contributed by atoms with E-state index in [1.54, 1.807) is 25.4 Å². The van der Waals surface area contributed by atoms with Gasteiger partial charge in [-0.05, 0) is 62.2 Å². The molecule has 0 aliphatic carbocycles. The van der Waals surface area contributed by atoms with E-state index >= 15 is 4.39 Å². The van der Waals surface area contributed by atoms with Gasteiger partial charge in [-0.1, -0.05) is 13.0 Å². The van der Waals surface area contributed by atoms with E-state index in [0.29, 0.717) is 47.0 Å².